The van der Waals surface area contributed by atoms with Gasteiger partial charge in [0, 0.05) is 26.5 Å². The first-order valence-electron chi connectivity index (χ1n) is 5.21. The number of hydrogen-bond donors (Lipinski definition) is 0. The van der Waals surface area contributed by atoms with Gasteiger partial charge in [-0.3, -0.25) is 0 Å². The van der Waals surface area contributed by atoms with E-state index >= 15 is 0 Å². The smallest absolute Gasteiger partial charge is 0.135 e. The van der Waals surface area contributed by atoms with Gasteiger partial charge in [-0.1, -0.05) is 6.92 Å². The summed E-state index contributed by atoms with van der Waals surface area (Å²) >= 11 is 0. The molecule has 4 heteroatoms. The van der Waals surface area contributed by atoms with E-state index < -0.39 is 0 Å². The van der Waals surface area contributed by atoms with Crippen LogP contribution in [0.15, 0.2) is 0 Å². The summed E-state index contributed by atoms with van der Waals surface area (Å²) in [6, 6.07) is 0. The summed E-state index contributed by atoms with van der Waals surface area (Å²) in [7, 11) is 1.72. The fraction of sp³-hybridized carbons (Fsp3) is 0.800. The molecule has 1 unspecified atom stereocenters. The summed E-state index contributed by atoms with van der Waals surface area (Å²) in [4.78, 5) is 0. The Balaban J connectivity index is 2.13. The molecule has 0 saturated carbocycles. The van der Waals surface area contributed by atoms with Crippen molar-refractivity contribution in [3.63, 3.8) is 0 Å². The predicted molar refractivity (Wildman–Crippen MR) is 53.1 cm³/mol. The fourth-order valence-electron chi connectivity index (χ4n) is 1.92. The number of nitrogens with zero attached hydrogens (tertiary/aromatic N) is 3. The Labute approximate surface area is 84.3 Å². The van der Waals surface area contributed by atoms with Crippen LogP contribution in [0.4, 0.5) is 0 Å². The highest BCUT2D eigenvalue weighted by Gasteiger charge is 2.19. The highest BCUT2D eigenvalue weighted by molar-refractivity contribution is 4.99. The van der Waals surface area contributed by atoms with Crippen molar-refractivity contribution >= 4 is 0 Å². The summed E-state index contributed by atoms with van der Waals surface area (Å²) in [6.45, 7) is 4.08. The maximum Gasteiger partial charge on any atom is 0.135 e. The minimum Gasteiger partial charge on any atom is -0.384 e. The third kappa shape index (κ3) is 1.80. The molecule has 1 atom stereocenters. The molecule has 2 rings (SSSR count). The maximum atomic E-state index is 5.05. The van der Waals surface area contributed by atoms with Crippen LogP contribution in [0, 0.1) is 5.92 Å². The standard InChI is InChI=1S/C10H17N3O/c1-8-3-4-9-11-12-10(5-6-14-2)13(9)7-8/h8H,3-7H2,1-2H3. The molecular formula is C10H17N3O. The second-order valence-electron chi connectivity index (χ2n) is 4.03. The van der Waals surface area contributed by atoms with Crippen molar-refractivity contribution in [1.82, 2.24) is 14.8 Å². The van der Waals surface area contributed by atoms with Crippen LogP contribution in [0.3, 0.4) is 0 Å². The molecule has 0 amide bonds. The molecule has 0 radical (unpaired) electrons. The van der Waals surface area contributed by atoms with Crippen LogP contribution >= 0.6 is 0 Å². The Kier molecular flexibility index (Phi) is 2.82. The lowest BCUT2D eigenvalue weighted by Crippen LogP contribution is -2.20. The minimum absolute atomic E-state index is 0.729. The monoisotopic (exact) mass is 195 g/mol. The van der Waals surface area contributed by atoms with Gasteiger partial charge in [-0.05, 0) is 12.3 Å². The molecule has 1 aromatic rings. The third-order valence-electron chi connectivity index (χ3n) is 2.79. The molecule has 14 heavy (non-hydrogen) atoms. The Bertz CT molecular complexity index is 308. The molecule has 0 aromatic carbocycles. The van der Waals surface area contributed by atoms with Crippen LogP contribution in [-0.4, -0.2) is 28.5 Å². The third-order valence-corrected chi connectivity index (χ3v) is 2.79. The van der Waals surface area contributed by atoms with E-state index in [9.17, 15) is 0 Å². The van der Waals surface area contributed by atoms with Gasteiger partial charge in [-0.15, -0.1) is 10.2 Å². The average Bonchev–Trinajstić information content (AvgIpc) is 2.57. The first kappa shape index (κ1) is 9.65. The lowest BCUT2D eigenvalue weighted by Gasteiger charge is -2.20. The van der Waals surface area contributed by atoms with Gasteiger partial charge < -0.3 is 9.30 Å². The van der Waals surface area contributed by atoms with Crippen LogP contribution in [0.2, 0.25) is 0 Å². The zero-order chi connectivity index (χ0) is 9.97. The van der Waals surface area contributed by atoms with Crippen LogP contribution in [0.25, 0.3) is 0 Å². The topological polar surface area (TPSA) is 39.9 Å². The van der Waals surface area contributed by atoms with Gasteiger partial charge in [0.25, 0.3) is 0 Å². The van der Waals surface area contributed by atoms with Crippen molar-refractivity contribution in [2.24, 2.45) is 5.92 Å². The molecule has 0 spiro atoms. The van der Waals surface area contributed by atoms with Gasteiger partial charge in [0.2, 0.25) is 0 Å². The predicted octanol–water partition coefficient (Wildman–Crippen LogP) is 1.05. The zero-order valence-electron chi connectivity index (χ0n) is 8.86. The van der Waals surface area contributed by atoms with E-state index in [1.54, 1.807) is 7.11 Å². The van der Waals surface area contributed by atoms with E-state index in [1.165, 1.54) is 6.42 Å². The number of rotatable bonds is 3. The first-order valence-corrected chi connectivity index (χ1v) is 5.21. The number of aryl methyl sites for hydroxylation is 1. The van der Waals surface area contributed by atoms with Crippen molar-refractivity contribution in [2.75, 3.05) is 13.7 Å². The summed E-state index contributed by atoms with van der Waals surface area (Å²) in [5.41, 5.74) is 0. The van der Waals surface area contributed by atoms with Gasteiger partial charge in [0.15, 0.2) is 0 Å². The number of fused-ring (bicyclic) bond motifs is 1. The van der Waals surface area contributed by atoms with Crippen LogP contribution in [0.1, 0.15) is 25.0 Å². The molecular weight excluding hydrogens is 178 g/mol. The fourth-order valence-corrected chi connectivity index (χ4v) is 1.92. The summed E-state index contributed by atoms with van der Waals surface area (Å²) in [6.07, 6.45) is 3.18. The van der Waals surface area contributed by atoms with E-state index in [-0.39, 0.29) is 0 Å². The second kappa shape index (κ2) is 4.09. The van der Waals surface area contributed by atoms with Crippen LogP contribution in [0.5, 0.6) is 0 Å². The van der Waals surface area contributed by atoms with Gasteiger partial charge >= 0.3 is 0 Å². The van der Waals surface area contributed by atoms with Crippen LogP contribution in [-0.2, 0) is 24.1 Å². The molecule has 0 fully saturated rings. The van der Waals surface area contributed by atoms with Crippen molar-refractivity contribution in [3.05, 3.63) is 11.6 Å². The molecule has 2 heterocycles. The van der Waals surface area contributed by atoms with Crippen molar-refractivity contribution in [1.29, 1.82) is 0 Å². The molecule has 1 aliphatic heterocycles. The Morgan fingerprint density at radius 3 is 3.14 bits per heavy atom. The molecule has 0 N–H and O–H groups in total. The molecule has 0 saturated heterocycles. The molecule has 4 nitrogen and oxygen atoms in total. The normalized spacial score (nSPS) is 20.9. The van der Waals surface area contributed by atoms with Crippen LogP contribution < -0.4 is 0 Å². The minimum atomic E-state index is 0.729. The Morgan fingerprint density at radius 2 is 2.36 bits per heavy atom. The largest absolute Gasteiger partial charge is 0.384 e. The van der Waals surface area contributed by atoms with Gasteiger partial charge in [0.1, 0.15) is 11.6 Å². The number of hydrogen-bond acceptors (Lipinski definition) is 3. The quantitative estimate of drug-likeness (QED) is 0.723. The van der Waals surface area contributed by atoms with E-state index in [1.807, 2.05) is 0 Å². The van der Waals surface area contributed by atoms with Gasteiger partial charge in [-0.25, -0.2) is 0 Å². The molecule has 0 bridgehead atoms. The van der Waals surface area contributed by atoms with Gasteiger partial charge in [0.05, 0.1) is 6.61 Å². The number of methoxy groups -OCH3 is 1. The Morgan fingerprint density at radius 1 is 1.50 bits per heavy atom. The average molecular weight is 195 g/mol. The lowest BCUT2D eigenvalue weighted by atomic mass is 10.0. The highest BCUT2D eigenvalue weighted by Crippen LogP contribution is 2.19. The first-order chi connectivity index (χ1) is 6.81. The SMILES string of the molecule is COCCc1nnc2n1CC(C)CC2. The Hall–Kier alpha value is -0.900. The second-order valence-corrected chi connectivity index (χ2v) is 4.03. The van der Waals surface area contributed by atoms with E-state index in [0.29, 0.717) is 0 Å². The lowest BCUT2D eigenvalue weighted by molar-refractivity contribution is 0.198. The van der Waals surface area contributed by atoms with Gasteiger partial charge in [-0.2, -0.15) is 0 Å². The van der Waals surface area contributed by atoms with E-state index in [2.05, 4.69) is 21.7 Å². The zero-order valence-corrected chi connectivity index (χ0v) is 8.86. The molecule has 78 valence electrons. The summed E-state index contributed by atoms with van der Waals surface area (Å²) < 4.78 is 7.31. The maximum absolute atomic E-state index is 5.05. The summed E-state index contributed by atoms with van der Waals surface area (Å²) in [5, 5.41) is 8.40. The highest BCUT2D eigenvalue weighted by atomic mass is 16.5. The molecule has 1 aliphatic rings. The van der Waals surface area contributed by atoms with E-state index in [0.717, 1.165) is 43.6 Å². The number of ether oxygens (including phenoxy) is 1. The van der Waals surface area contributed by atoms with Crippen molar-refractivity contribution in [2.45, 2.75) is 32.7 Å². The molecule has 0 aliphatic carbocycles. The molecule has 1 aromatic heterocycles. The number of aromatic nitrogens is 3. The van der Waals surface area contributed by atoms with Crippen molar-refractivity contribution < 1.29 is 4.74 Å². The summed E-state index contributed by atoms with van der Waals surface area (Å²) in [5.74, 6) is 2.97. The van der Waals surface area contributed by atoms with Crippen molar-refractivity contribution in [3.8, 4) is 0 Å². The van der Waals surface area contributed by atoms with E-state index in [4.69, 9.17) is 4.74 Å².